The van der Waals surface area contributed by atoms with Crippen molar-refractivity contribution >= 4 is 32.9 Å². The third-order valence-electron chi connectivity index (χ3n) is 10.1. The van der Waals surface area contributed by atoms with Crippen LogP contribution in [0.4, 0.5) is 4.79 Å². The Labute approximate surface area is 318 Å². The second-order valence-corrected chi connectivity index (χ2v) is 16.6. The van der Waals surface area contributed by atoms with Gasteiger partial charge in [-0.25, -0.2) is 13.2 Å². The third kappa shape index (κ3) is 9.68. The molecule has 2 heterocycles. The van der Waals surface area contributed by atoms with Crippen molar-refractivity contribution in [1.82, 2.24) is 24.4 Å². The topological polar surface area (TPSA) is 153 Å². The Hall–Kier alpha value is -4.72. The van der Waals surface area contributed by atoms with Gasteiger partial charge in [0.1, 0.15) is 12.6 Å². The first-order chi connectivity index (χ1) is 25.8. The molecule has 4 aromatic rings. The van der Waals surface area contributed by atoms with Crippen LogP contribution in [0.5, 0.6) is 0 Å². The number of aromatic nitrogens is 1. The lowest BCUT2D eigenvalue weighted by atomic mass is 9.95. The maximum atomic E-state index is 14.4. The predicted octanol–water partition coefficient (Wildman–Crippen LogP) is 5.90. The SMILES string of the molecule is CC[C@H](C)[C@@H](C(=O)N[C@@H](Cc1ccccc1)[C@H](O)CN(CC(C)C)S(=O)(=O)c1ccc(CN=O)cc1)N1CCN(Cc2cc(C)nc3ccccc23)C1=O. The molecular formula is C41H52N6O6S. The lowest BCUT2D eigenvalue weighted by Gasteiger charge is -2.35. The summed E-state index contributed by atoms with van der Waals surface area (Å²) in [4.78, 5) is 47.3. The summed E-state index contributed by atoms with van der Waals surface area (Å²) in [6.07, 6.45) is -0.435. The molecule has 0 aliphatic carbocycles. The predicted molar refractivity (Wildman–Crippen MR) is 210 cm³/mol. The maximum absolute atomic E-state index is 14.4. The summed E-state index contributed by atoms with van der Waals surface area (Å²) < 4.78 is 29.2. The standard InChI is InChI=1S/C41H52N6O6S/c1-6-29(4)39(47-21-20-45(41(47)50)26-33-22-30(5)43-36-15-11-10-14-35(33)36)40(49)44-37(23-31-12-8-7-9-13-31)38(48)27-46(25-28(2)3)54(52,53)34-18-16-32(17-19-34)24-42-51/h7-19,22,28-29,37-39,48H,6,20-21,23-27H2,1-5H3,(H,44,49)/t29-,37-,38+,39-/m0/s1. The average Bonchev–Trinajstić information content (AvgIpc) is 3.49. The summed E-state index contributed by atoms with van der Waals surface area (Å²) >= 11 is 0. The number of nitrogens with zero attached hydrogens (tertiary/aromatic N) is 5. The molecule has 1 fully saturated rings. The van der Waals surface area contributed by atoms with Gasteiger partial charge in [0.25, 0.3) is 0 Å². The molecule has 3 aromatic carbocycles. The van der Waals surface area contributed by atoms with Crippen LogP contribution in [0.1, 0.15) is 56.5 Å². The number of hydrogen-bond donors (Lipinski definition) is 2. The van der Waals surface area contributed by atoms with Crippen LogP contribution in [0.2, 0.25) is 0 Å². The van der Waals surface area contributed by atoms with E-state index in [1.54, 1.807) is 21.9 Å². The largest absolute Gasteiger partial charge is 0.390 e. The van der Waals surface area contributed by atoms with Crippen LogP contribution >= 0.6 is 0 Å². The Kier molecular flexibility index (Phi) is 13.5. The Balaban J connectivity index is 1.39. The minimum Gasteiger partial charge on any atom is -0.390 e. The number of urea groups is 1. The highest BCUT2D eigenvalue weighted by molar-refractivity contribution is 7.89. The van der Waals surface area contributed by atoms with Crippen molar-refractivity contribution in [1.29, 1.82) is 0 Å². The second-order valence-electron chi connectivity index (χ2n) is 14.7. The minimum atomic E-state index is -4.07. The van der Waals surface area contributed by atoms with Crippen molar-refractivity contribution in [2.75, 3.05) is 26.2 Å². The number of para-hydroxylation sites is 1. The van der Waals surface area contributed by atoms with Crippen LogP contribution < -0.4 is 5.32 Å². The number of benzene rings is 3. The molecule has 1 aliphatic rings. The van der Waals surface area contributed by atoms with Crippen LogP contribution in [0.25, 0.3) is 10.9 Å². The van der Waals surface area contributed by atoms with Crippen LogP contribution in [-0.2, 0) is 34.3 Å². The molecule has 0 bridgehead atoms. The van der Waals surface area contributed by atoms with Crippen LogP contribution in [0.3, 0.4) is 0 Å². The van der Waals surface area contributed by atoms with Crippen molar-refractivity contribution in [3.05, 3.63) is 112 Å². The van der Waals surface area contributed by atoms with E-state index < -0.39 is 34.1 Å². The number of carbonyl (C=O) groups excluding carboxylic acids is 2. The van der Waals surface area contributed by atoms with Gasteiger partial charge in [-0.05, 0) is 66.1 Å². The summed E-state index contributed by atoms with van der Waals surface area (Å²) in [5, 5.41) is 18.8. The number of sulfonamides is 1. The normalized spacial score (nSPS) is 15.8. The molecule has 5 rings (SSSR count). The van der Waals surface area contributed by atoms with Crippen LogP contribution in [0.15, 0.2) is 95.0 Å². The second kappa shape index (κ2) is 18.1. The van der Waals surface area contributed by atoms with Gasteiger partial charge in [-0.3, -0.25) is 9.78 Å². The molecule has 1 saturated heterocycles. The number of aliphatic hydroxyl groups excluding tert-OH is 1. The number of rotatable bonds is 18. The molecule has 0 saturated carbocycles. The van der Waals surface area contributed by atoms with E-state index in [0.29, 0.717) is 31.6 Å². The van der Waals surface area contributed by atoms with Gasteiger partial charge in [0.2, 0.25) is 15.9 Å². The first-order valence-corrected chi connectivity index (χ1v) is 20.1. The lowest BCUT2D eigenvalue weighted by Crippen LogP contribution is -2.57. The Bertz CT molecular complexity index is 2010. The molecule has 4 atom stereocenters. The zero-order valence-corrected chi connectivity index (χ0v) is 32.6. The molecule has 3 amide bonds. The number of aryl methyl sites for hydroxylation is 1. The van der Waals surface area contributed by atoms with Crippen molar-refractivity contribution < 1.29 is 23.1 Å². The number of fused-ring (bicyclic) bond motifs is 1. The molecular weight excluding hydrogens is 705 g/mol. The van der Waals surface area contributed by atoms with Crippen LogP contribution in [-0.4, -0.2) is 88.9 Å². The van der Waals surface area contributed by atoms with E-state index in [-0.39, 0.29) is 48.8 Å². The van der Waals surface area contributed by atoms with Gasteiger partial charge in [0, 0.05) is 43.8 Å². The van der Waals surface area contributed by atoms with Crippen molar-refractivity contribution in [2.45, 2.75) is 83.6 Å². The Morgan fingerprint density at radius 3 is 2.31 bits per heavy atom. The fourth-order valence-electron chi connectivity index (χ4n) is 7.09. The first kappa shape index (κ1) is 40.5. The zero-order chi connectivity index (χ0) is 39.0. The number of carbonyl (C=O) groups is 2. The average molecular weight is 757 g/mol. The zero-order valence-electron chi connectivity index (χ0n) is 31.8. The van der Waals surface area contributed by atoms with Crippen molar-refractivity contribution in [2.24, 2.45) is 17.0 Å². The molecule has 1 aliphatic heterocycles. The first-order valence-electron chi connectivity index (χ1n) is 18.6. The number of amides is 3. The molecule has 2 N–H and O–H groups in total. The van der Waals surface area contributed by atoms with E-state index in [1.807, 2.05) is 95.3 Å². The van der Waals surface area contributed by atoms with E-state index in [4.69, 9.17) is 0 Å². The third-order valence-corrected chi connectivity index (χ3v) is 11.9. The molecule has 0 spiro atoms. The quantitative estimate of drug-likeness (QED) is 0.120. The molecule has 1 aromatic heterocycles. The lowest BCUT2D eigenvalue weighted by molar-refractivity contribution is -0.128. The highest BCUT2D eigenvalue weighted by Crippen LogP contribution is 2.26. The van der Waals surface area contributed by atoms with Crippen molar-refractivity contribution in [3.63, 3.8) is 0 Å². The molecule has 0 unspecified atom stereocenters. The number of nitroso groups, excluding NO2 is 1. The van der Waals surface area contributed by atoms with E-state index in [2.05, 4.69) is 15.5 Å². The maximum Gasteiger partial charge on any atom is 0.321 e. The number of hydrogen-bond acceptors (Lipinski definition) is 8. The summed E-state index contributed by atoms with van der Waals surface area (Å²) in [7, 11) is -4.07. The van der Waals surface area contributed by atoms with Gasteiger partial charge in [-0.15, -0.1) is 0 Å². The number of nitrogens with one attached hydrogen (secondary N) is 1. The van der Waals surface area contributed by atoms with Gasteiger partial charge >= 0.3 is 6.03 Å². The Morgan fingerprint density at radius 1 is 0.963 bits per heavy atom. The fraction of sp³-hybridized carbons (Fsp3) is 0.439. The summed E-state index contributed by atoms with van der Waals surface area (Å²) in [5.74, 6) is -0.675. The number of aliphatic hydroxyl groups is 1. The highest BCUT2D eigenvalue weighted by Gasteiger charge is 2.41. The molecule has 54 heavy (non-hydrogen) atoms. The summed E-state index contributed by atoms with van der Waals surface area (Å²) in [6.45, 7) is 10.6. The van der Waals surface area contributed by atoms with E-state index in [1.165, 1.54) is 16.4 Å². The van der Waals surface area contributed by atoms with Gasteiger partial charge in [0.15, 0.2) is 0 Å². The monoisotopic (exact) mass is 756 g/mol. The summed E-state index contributed by atoms with van der Waals surface area (Å²) in [6, 6.07) is 23.3. The minimum absolute atomic E-state index is 0.0255. The smallest absolute Gasteiger partial charge is 0.321 e. The summed E-state index contributed by atoms with van der Waals surface area (Å²) in [5.41, 5.74) is 4.14. The van der Waals surface area contributed by atoms with E-state index in [0.717, 1.165) is 27.7 Å². The van der Waals surface area contributed by atoms with Gasteiger partial charge in [-0.2, -0.15) is 9.21 Å². The number of pyridine rings is 1. The molecule has 12 nitrogen and oxygen atoms in total. The van der Waals surface area contributed by atoms with Crippen molar-refractivity contribution in [3.8, 4) is 0 Å². The van der Waals surface area contributed by atoms with Gasteiger partial charge < -0.3 is 20.2 Å². The molecule has 288 valence electrons. The van der Waals surface area contributed by atoms with Crippen LogP contribution in [0, 0.1) is 23.7 Å². The molecule has 0 radical (unpaired) electrons. The van der Waals surface area contributed by atoms with Gasteiger partial charge in [0.05, 0.1) is 22.6 Å². The Morgan fingerprint density at radius 2 is 1.65 bits per heavy atom. The molecule has 13 heteroatoms. The van der Waals surface area contributed by atoms with E-state index in [9.17, 15) is 28.0 Å². The van der Waals surface area contributed by atoms with Gasteiger partial charge in [-0.1, -0.05) is 100.0 Å². The highest BCUT2D eigenvalue weighted by atomic mass is 32.2. The fourth-order valence-corrected chi connectivity index (χ4v) is 8.71. The van der Waals surface area contributed by atoms with E-state index >= 15 is 0 Å².